The Kier molecular flexibility index (Phi) is 3.26. The summed E-state index contributed by atoms with van der Waals surface area (Å²) in [6, 6.07) is 9.61. The fourth-order valence-corrected chi connectivity index (χ4v) is 2.17. The maximum Gasteiger partial charge on any atom is 0.533 e. The third kappa shape index (κ3) is 2.43. The summed E-state index contributed by atoms with van der Waals surface area (Å²) in [4.78, 5) is 4.27. The Balaban J connectivity index is 1.93. The Morgan fingerprint density at radius 2 is 1.57 bits per heavy atom. The highest BCUT2D eigenvalue weighted by Crippen LogP contribution is 2.36. The Labute approximate surface area is 126 Å². The lowest BCUT2D eigenvalue weighted by molar-refractivity contribution is 0.00578. The smallest absolute Gasteiger partial charge is 0.446 e. The molecule has 0 aliphatic carbocycles. The van der Waals surface area contributed by atoms with Crippen molar-refractivity contribution in [2.75, 3.05) is 0 Å². The maximum absolute atomic E-state index is 5.97. The number of nitrogens with zero attached hydrogens (tertiary/aromatic N) is 1. The molecular weight excluding hydrogens is 264 g/mol. The van der Waals surface area contributed by atoms with Gasteiger partial charge in [0.1, 0.15) is 13.5 Å². The Hall–Kier alpha value is -1.52. The third-order valence-electron chi connectivity index (χ3n) is 4.17. The molecule has 1 aromatic carbocycles. The molecular formula is C15H17B2NO3. The normalized spacial score (nSPS) is 19.9. The molecule has 1 aliphatic rings. The van der Waals surface area contributed by atoms with Crippen molar-refractivity contribution in [1.29, 1.82) is 0 Å². The minimum atomic E-state index is -0.639. The van der Waals surface area contributed by atoms with Crippen LogP contribution in [0.25, 0.3) is 11.5 Å². The van der Waals surface area contributed by atoms with Crippen LogP contribution in [0, 0.1) is 0 Å². The van der Waals surface area contributed by atoms with Crippen LogP contribution < -0.4 is 11.3 Å². The van der Waals surface area contributed by atoms with E-state index >= 15 is 0 Å². The number of hydrogen-bond acceptors (Lipinski definition) is 4. The highest BCUT2D eigenvalue weighted by atomic mass is 16.7. The first-order valence-corrected chi connectivity index (χ1v) is 6.97. The number of rotatable bonds is 2. The molecule has 0 unspecified atom stereocenters. The van der Waals surface area contributed by atoms with Crippen LogP contribution in [0.1, 0.15) is 27.7 Å². The largest absolute Gasteiger partial charge is 0.533 e. The predicted molar refractivity (Wildman–Crippen MR) is 83.0 cm³/mol. The van der Waals surface area contributed by atoms with E-state index in [9.17, 15) is 0 Å². The average Bonchev–Trinajstić information content (AvgIpc) is 2.89. The summed E-state index contributed by atoms with van der Waals surface area (Å²) in [5, 5.41) is 0. The lowest BCUT2D eigenvalue weighted by Crippen LogP contribution is -2.42. The van der Waals surface area contributed by atoms with Crippen LogP contribution in [0.3, 0.4) is 0 Å². The molecule has 0 atom stereocenters. The van der Waals surface area contributed by atoms with Gasteiger partial charge in [0.05, 0.1) is 11.2 Å². The van der Waals surface area contributed by atoms with E-state index in [-0.39, 0.29) is 0 Å². The zero-order valence-corrected chi connectivity index (χ0v) is 12.7. The van der Waals surface area contributed by atoms with Gasteiger partial charge in [-0.25, -0.2) is 4.98 Å². The van der Waals surface area contributed by atoms with Gasteiger partial charge in [-0.05, 0) is 39.8 Å². The molecule has 3 rings (SSSR count). The molecule has 2 aromatic rings. The summed E-state index contributed by atoms with van der Waals surface area (Å²) >= 11 is 0. The standard InChI is InChI=1S/C15H17B2NO3/c1-14(2)15(3,4)21-17(20-14)12-11(16)18-13(19-12)10-8-6-5-7-9-10/h5-9H,1-4H3. The second-order valence-electron chi connectivity index (χ2n) is 6.22. The first-order valence-electron chi connectivity index (χ1n) is 6.97. The Bertz CT molecular complexity index is 636. The van der Waals surface area contributed by atoms with Crippen LogP contribution in [-0.2, 0) is 9.31 Å². The van der Waals surface area contributed by atoms with Gasteiger partial charge in [-0.1, -0.05) is 18.2 Å². The molecule has 1 saturated heterocycles. The van der Waals surface area contributed by atoms with Crippen molar-refractivity contribution in [1.82, 2.24) is 4.98 Å². The van der Waals surface area contributed by atoms with Gasteiger partial charge in [-0.3, -0.25) is 0 Å². The summed E-state index contributed by atoms with van der Waals surface area (Å²) in [6.45, 7) is 7.94. The minimum Gasteiger partial charge on any atom is -0.446 e. The van der Waals surface area contributed by atoms with Crippen LogP contribution >= 0.6 is 0 Å². The monoisotopic (exact) mass is 281 g/mol. The molecule has 0 N–H and O–H groups in total. The van der Waals surface area contributed by atoms with E-state index in [1.807, 2.05) is 58.0 Å². The van der Waals surface area contributed by atoms with Gasteiger partial charge in [0.25, 0.3) is 0 Å². The van der Waals surface area contributed by atoms with Gasteiger partial charge >= 0.3 is 7.12 Å². The average molecular weight is 281 g/mol. The Morgan fingerprint density at radius 3 is 2.14 bits per heavy atom. The van der Waals surface area contributed by atoms with Crippen LogP contribution in [0.15, 0.2) is 34.7 Å². The zero-order valence-electron chi connectivity index (χ0n) is 12.7. The van der Waals surface area contributed by atoms with Gasteiger partial charge in [0.2, 0.25) is 5.89 Å². The number of aromatic nitrogens is 1. The van der Waals surface area contributed by atoms with Gasteiger partial charge in [0, 0.05) is 11.2 Å². The van der Waals surface area contributed by atoms with Gasteiger partial charge < -0.3 is 13.7 Å². The second-order valence-corrected chi connectivity index (χ2v) is 6.22. The summed E-state index contributed by atoms with van der Waals surface area (Å²) in [5.74, 6) is 0.470. The third-order valence-corrected chi connectivity index (χ3v) is 4.17. The van der Waals surface area contributed by atoms with E-state index in [1.165, 1.54) is 0 Å². The molecule has 4 nitrogen and oxygen atoms in total. The van der Waals surface area contributed by atoms with Crippen molar-refractivity contribution in [3.05, 3.63) is 30.3 Å². The van der Waals surface area contributed by atoms with Crippen LogP contribution in [0.2, 0.25) is 0 Å². The molecule has 106 valence electrons. The van der Waals surface area contributed by atoms with E-state index in [1.54, 1.807) is 0 Å². The minimum absolute atomic E-state index is 0.298. The molecule has 21 heavy (non-hydrogen) atoms. The summed E-state index contributed by atoms with van der Waals surface area (Å²) in [6.07, 6.45) is 0. The fourth-order valence-electron chi connectivity index (χ4n) is 2.17. The molecule has 0 bridgehead atoms. The molecule has 2 heterocycles. The topological polar surface area (TPSA) is 44.5 Å². The quantitative estimate of drug-likeness (QED) is 0.781. The lowest BCUT2D eigenvalue weighted by atomic mass is 9.79. The maximum atomic E-state index is 5.97. The zero-order chi connectivity index (χ0) is 15.3. The number of benzene rings is 1. The van der Waals surface area contributed by atoms with Crippen molar-refractivity contribution < 1.29 is 13.7 Å². The Morgan fingerprint density at radius 1 is 1.00 bits per heavy atom. The molecule has 0 saturated carbocycles. The fraction of sp³-hybridized carbons (Fsp3) is 0.400. The van der Waals surface area contributed by atoms with Crippen molar-refractivity contribution in [3.8, 4) is 11.5 Å². The molecule has 0 amide bonds. The van der Waals surface area contributed by atoms with Gasteiger partial charge in [-0.2, -0.15) is 0 Å². The summed E-state index contributed by atoms with van der Waals surface area (Å²) in [5.41, 5.74) is 0.708. The molecule has 1 fully saturated rings. The van der Waals surface area contributed by atoms with E-state index in [0.29, 0.717) is 17.1 Å². The molecule has 1 aliphatic heterocycles. The van der Waals surface area contributed by atoms with Crippen LogP contribution in [0.4, 0.5) is 0 Å². The number of oxazole rings is 1. The van der Waals surface area contributed by atoms with Crippen LogP contribution in [-0.4, -0.2) is 31.2 Å². The van der Waals surface area contributed by atoms with Gasteiger partial charge in [0.15, 0.2) is 0 Å². The van der Waals surface area contributed by atoms with E-state index < -0.39 is 18.3 Å². The molecule has 1 aromatic heterocycles. The summed E-state index contributed by atoms with van der Waals surface area (Å²) < 4.78 is 17.7. The predicted octanol–water partition coefficient (Wildman–Crippen LogP) is 1.43. The highest BCUT2D eigenvalue weighted by molar-refractivity contribution is 6.65. The lowest BCUT2D eigenvalue weighted by Gasteiger charge is -2.32. The van der Waals surface area contributed by atoms with E-state index in [0.717, 1.165) is 5.56 Å². The highest BCUT2D eigenvalue weighted by Gasteiger charge is 2.53. The molecule has 2 radical (unpaired) electrons. The molecule has 0 spiro atoms. The SMILES string of the molecule is [B]c1nc(-c2ccccc2)oc1B1OC(C)(C)C(C)(C)O1. The first-order chi connectivity index (χ1) is 9.80. The van der Waals surface area contributed by atoms with Gasteiger partial charge in [-0.15, -0.1) is 0 Å². The van der Waals surface area contributed by atoms with E-state index in [2.05, 4.69) is 4.98 Å². The van der Waals surface area contributed by atoms with Crippen molar-refractivity contribution in [2.24, 2.45) is 0 Å². The van der Waals surface area contributed by atoms with Crippen molar-refractivity contribution in [2.45, 2.75) is 38.9 Å². The summed E-state index contributed by atoms with van der Waals surface area (Å²) in [7, 11) is 5.33. The molecule has 6 heteroatoms. The van der Waals surface area contributed by atoms with Crippen molar-refractivity contribution >= 4 is 26.2 Å². The second kappa shape index (κ2) is 4.75. The van der Waals surface area contributed by atoms with Crippen molar-refractivity contribution in [3.63, 3.8) is 0 Å². The van der Waals surface area contributed by atoms with E-state index in [4.69, 9.17) is 21.6 Å². The first kappa shape index (κ1) is 14.4. The number of hydrogen-bond donors (Lipinski definition) is 0. The van der Waals surface area contributed by atoms with Crippen LogP contribution in [0.5, 0.6) is 0 Å².